The molecule has 0 amide bonds. The van der Waals surface area contributed by atoms with Crippen molar-refractivity contribution in [1.82, 2.24) is 0 Å². The lowest BCUT2D eigenvalue weighted by atomic mass is 9.69. The molecule has 0 aliphatic heterocycles. The lowest BCUT2D eigenvalue weighted by Gasteiger charge is -2.34. The van der Waals surface area contributed by atoms with Crippen LogP contribution in [-0.4, -0.2) is 17.0 Å². The number of allylic oxidation sites excluding steroid dienone is 4. The number of hydrogen-bond acceptors (Lipinski definition) is 2. The summed E-state index contributed by atoms with van der Waals surface area (Å²) in [6.45, 7) is 0. The van der Waals surface area contributed by atoms with Crippen LogP contribution in [0.4, 0.5) is 0 Å². The molecular weight excluding hydrogens is 176 g/mol. The summed E-state index contributed by atoms with van der Waals surface area (Å²) in [5.41, 5.74) is 1.31. The Morgan fingerprint density at radius 2 is 2.29 bits per heavy atom. The van der Waals surface area contributed by atoms with Crippen molar-refractivity contribution >= 4 is 5.78 Å². The number of hydrogen-bond donors (Lipinski definition) is 1. The van der Waals surface area contributed by atoms with Crippen LogP contribution in [0.15, 0.2) is 23.8 Å². The maximum atomic E-state index is 11.2. The van der Waals surface area contributed by atoms with E-state index < -0.39 is 0 Å². The van der Waals surface area contributed by atoms with Gasteiger partial charge in [0, 0.05) is 5.41 Å². The standard InChI is InChI=1S/C12H14O2/c13-10-3-4-12-6-8(11(14)7-12)1-2-9(12)5-10/h3-5,8,11,14H,1-2,6-7H2/t8-,11+,12?/m1/s1. The number of fused-ring (bicyclic) bond motifs is 1. The predicted octanol–water partition coefficient (Wildman–Crippen LogP) is 1.60. The molecule has 0 aromatic heterocycles. The van der Waals surface area contributed by atoms with E-state index in [1.165, 1.54) is 5.57 Å². The van der Waals surface area contributed by atoms with Gasteiger partial charge in [0.2, 0.25) is 0 Å². The Labute approximate surface area is 83.3 Å². The molecule has 2 bridgehead atoms. The molecule has 2 heteroatoms. The normalized spacial score (nSPS) is 44.9. The highest BCUT2D eigenvalue weighted by Gasteiger charge is 2.49. The summed E-state index contributed by atoms with van der Waals surface area (Å²) in [6.07, 6.45) is 9.26. The fourth-order valence-electron chi connectivity index (χ4n) is 3.29. The smallest absolute Gasteiger partial charge is 0.178 e. The Bertz CT molecular complexity index is 349. The van der Waals surface area contributed by atoms with E-state index in [9.17, 15) is 9.90 Å². The molecule has 0 radical (unpaired) electrons. The zero-order valence-electron chi connectivity index (χ0n) is 8.07. The Morgan fingerprint density at radius 3 is 3.14 bits per heavy atom. The third kappa shape index (κ3) is 0.976. The van der Waals surface area contributed by atoms with Crippen molar-refractivity contribution < 1.29 is 9.90 Å². The van der Waals surface area contributed by atoms with Crippen LogP contribution in [0.25, 0.3) is 0 Å². The second-order valence-electron chi connectivity index (χ2n) is 4.84. The van der Waals surface area contributed by atoms with Crippen LogP contribution >= 0.6 is 0 Å². The number of rotatable bonds is 0. The van der Waals surface area contributed by atoms with E-state index in [2.05, 4.69) is 0 Å². The second kappa shape index (κ2) is 2.57. The van der Waals surface area contributed by atoms with Gasteiger partial charge >= 0.3 is 0 Å². The summed E-state index contributed by atoms with van der Waals surface area (Å²) in [4.78, 5) is 11.2. The zero-order chi connectivity index (χ0) is 9.76. The van der Waals surface area contributed by atoms with E-state index in [1.807, 2.05) is 6.08 Å². The summed E-state index contributed by atoms with van der Waals surface area (Å²) in [7, 11) is 0. The Balaban J connectivity index is 2.04. The second-order valence-corrected chi connectivity index (χ2v) is 4.84. The van der Waals surface area contributed by atoms with Gasteiger partial charge in [0.15, 0.2) is 5.78 Å². The molecule has 3 aliphatic rings. The molecule has 0 aromatic carbocycles. The largest absolute Gasteiger partial charge is 0.393 e. The van der Waals surface area contributed by atoms with Gasteiger partial charge in [0.25, 0.3) is 0 Å². The zero-order valence-corrected chi connectivity index (χ0v) is 8.07. The van der Waals surface area contributed by atoms with Gasteiger partial charge in [-0.3, -0.25) is 4.79 Å². The summed E-state index contributed by atoms with van der Waals surface area (Å²) in [5, 5.41) is 9.85. The van der Waals surface area contributed by atoms with Crippen molar-refractivity contribution in [2.24, 2.45) is 11.3 Å². The van der Waals surface area contributed by atoms with Crippen molar-refractivity contribution in [2.45, 2.75) is 31.8 Å². The molecular formula is C12H14O2. The molecule has 3 rings (SSSR count). The van der Waals surface area contributed by atoms with E-state index in [-0.39, 0.29) is 17.3 Å². The minimum absolute atomic E-state index is 0.0518. The first-order valence-electron chi connectivity index (χ1n) is 5.32. The van der Waals surface area contributed by atoms with Crippen LogP contribution < -0.4 is 0 Å². The lowest BCUT2D eigenvalue weighted by Crippen LogP contribution is -2.24. The summed E-state index contributed by atoms with van der Waals surface area (Å²) >= 11 is 0. The molecule has 1 unspecified atom stereocenters. The molecule has 3 atom stereocenters. The van der Waals surface area contributed by atoms with E-state index in [4.69, 9.17) is 0 Å². The van der Waals surface area contributed by atoms with Crippen molar-refractivity contribution in [1.29, 1.82) is 0 Å². The van der Waals surface area contributed by atoms with Gasteiger partial charge in [-0.25, -0.2) is 0 Å². The van der Waals surface area contributed by atoms with Gasteiger partial charge in [-0.15, -0.1) is 0 Å². The molecule has 2 nitrogen and oxygen atoms in total. The van der Waals surface area contributed by atoms with Gasteiger partial charge in [0.1, 0.15) is 0 Å². The van der Waals surface area contributed by atoms with Crippen LogP contribution in [0.5, 0.6) is 0 Å². The molecule has 0 heterocycles. The Morgan fingerprint density at radius 1 is 1.43 bits per heavy atom. The number of ketones is 1. The van der Waals surface area contributed by atoms with Crippen LogP contribution in [0.3, 0.4) is 0 Å². The van der Waals surface area contributed by atoms with Gasteiger partial charge in [-0.2, -0.15) is 0 Å². The summed E-state index contributed by atoms with van der Waals surface area (Å²) in [5.74, 6) is 0.579. The molecule has 1 N–H and O–H groups in total. The molecule has 1 spiro atoms. The van der Waals surface area contributed by atoms with Crippen LogP contribution in [0.1, 0.15) is 25.7 Å². The van der Waals surface area contributed by atoms with Crippen molar-refractivity contribution in [2.75, 3.05) is 0 Å². The highest BCUT2D eigenvalue weighted by molar-refractivity contribution is 6.01. The first-order chi connectivity index (χ1) is 6.70. The molecule has 14 heavy (non-hydrogen) atoms. The van der Waals surface area contributed by atoms with Crippen LogP contribution in [-0.2, 0) is 4.79 Å². The lowest BCUT2D eigenvalue weighted by molar-refractivity contribution is -0.110. The van der Waals surface area contributed by atoms with Gasteiger partial charge in [0.05, 0.1) is 6.10 Å². The fourth-order valence-corrected chi connectivity index (χ4v) is 3.29. The average Bonchev–Trinajstić information content (AvgIpc) is 2.41. The highest BCUT2D eigenvalue weighted by atomic mass is 16.3. The van der Waals surface area contributed by atoms with Gasteiger partial charge in [-0.05, 0) is 43.8 Å². The van der Waals surface area contributed by atoms with E-state index >= 15 is 0 Å². The number of aliphatic hydroxyl groups excluding tert-OH is 1. The van der Waals surface area contributed by atoms with Crippen molar-refractivity contribution in [3.8, 4) is 0 Å². The number of aliphatic hydroxyl groups is 1. The SMILES string of the molecule is O=C1C=CC23C[C@@H](CCC2=C1)[C@@H](O)C3. The number of carbonyl (C=O) groups excluding carboxylic acids is 1. The summed E-state index contributed by atoms with van der Waals surface area (Å²) in [6, 6.07) is 0. The monoisotopic (exact) mass is 190 g/mol. The third-order valence-electron chi connectivity index (χ3n) is 4.05. The van der Waals surface area contributed by atoms with E-state index in [1.54, 1.807) is 12.2 Å². The minimum atomic E-state index is -0.154. The van der Waals surface area contributed by atoms with Crippen LogP contribution in [0.2, 0.25) is 0 Å². The number of carbonyl (C=O) groups is 1. The Kier molecular flexibility index (Phi) is 1.55. The quantitative estimate of drug-likeness (QED) is 0.630. The Hall–Kier alpha value is -0.890. The molecule has 74 valence electrons. The van der Waals surface area contributed by atoms with Gasteiger partial charge in [-0.1, -0.05) is 11.6 Å². The molecule has 2 fully saturated rings. The molecule has 2 saturated carbocycles. The fraction of sp³-hybridized carbons (Fsp3) is 0.583. The van der Waals surface area contributed by atoms with Crippen molar-refractivity contribution in [3.05, 3.63) is 23.8 Å². The maximum absolute atomic E-state index is 11.2. The van der Waals surface area contributed by atoms with Gasteiger partial charge < -0.3 is 5.11 Å². The van der Waals surface area contributed by atoms with E-state index in [0.717, 1.165) is 25.7 Å². The predicted molar refractivity (Wildman–Crippen MR) is 52.6 cm³/mol. The summed E-state index contributed by atoms with van der Waals surface area (Å²) < 4.78 is 0. The third-order valence-corrected chi connectivity index (χ3v) is 4.05. The van der Waals surface area contributed by atoms with Crippen LogP contribution in [0, 0.1) is 11.3 Å². The molecule has 0 saturated heterocycles. The highest BCUT2D eigenvalue weighted by Crippen LogP contribution is 2.56. The van der Waals surface area contributed by atoms with Crippen molar-refractivity contribution in [3.63, 3.8) is 0 Å². The average molecular weight is 190 g/mol. The van der Waals surface area contributed by atoms with E-state index in [0.29, 0.717) is 5.92 Å². The molecule has 0 aromatic rings. The first-order valence-corrected chi connectivity index (χ1v) is 5.32. The first kappa shape index (κ1) is 8.42. The topological polar surface area (TPSA) is 37.3 Å². The minimum Gasteiger partial charge on any atom is -0.393 e. The molecule has 3 aliphatic carbocycles. The maximum Gasteiger partial charge on any atom is 0.178 e.